The molecule has 0 unspecified atom stereocenters. The summed E-state index contributed by atoms with van der Waals surface area (Å²) < 4.78 is 26.0. The number of hydrogen-bond acceptors (Lipinski definition) is 4. The van der Waals surface area contributed by atoms with Crippen molar-refractivity contribution in [3.05, 3.63) is 23.3 Å². The van der Waals surface area contributed by atoms with Crippen molar-refractivity contribution in [2.45, 2.75) is 31.3 Å². The third-order valence-electron chi connectivity index (χ3n) is 3.29. The normalized spacial score (nSPS) is 19.6. The summed E-state index contributed by atoms with van der Waals surface area (Å²) in [6.07, 6.45) is 0. The zero-order chi connectivity index (χ0) is 13.7. The molecule has 1 aromatic rings. The summed E-state index contributed by atoms with van der Waals surface area (Å²) in [5.41, 5.74) is 6.77. The molecule has 1 heterocycles. The van der Waals surface area contributed by atoms with Gasteiger partial charge >= 0.3 is 0 Å². The molecule has 0 aromatic heterocycles. The van der Waals surface area contributed by atoms with E-state index < -0.39 is 15.6 Å². The predicted octanol–water partition coefficient (Wildman–Crippen LogP) is 0.641. The maximum atomic E-state index is 12.4. The van der Waals surface area contributed by atoms with Crippen LogP contribution >= 0.6 is 0 Å². The first kappa shape index (κ1) is 13.3. The van der Waals surface area contributed by atoms with Gasteiger partial charge in [-0.2, -0.15) is 4.31 Å². The van der Waals surface area contributed by atoms with Gasteiger partial charge < -0.3 is 10.8 Å². The first-order chi connectivity index (χ1) is 8.13. The molecule has 1 aromatic carbocycles. The fourth-order valence-corrected chi connectivity index (χ4v) is 4.15. The van der Waals surface area contributed by atoms with E-state index in [1.165, 1.54) is 10.4 Å². The number of nitrogen functional groups attached to an aromatic ring is 1. The minimum absolute atomic E-state index is 0.128. The van der Waals surface area contributed by atoms with Gasteiger partial charge in [-0.15, -0.1) is 0 Å². The van der Waals surface area contributed by atoms with Crippen molar-refractivity contribution < 1.29 is 13.5 Å². The second-order valence-electron chi connectivity index (χ2n) is 5.23. The molecule has 18 heavy (non-hydrogen) atoms. The Morgan fingerprint density at radius 2 is 1.89 bits per heavy atom. The third kappa shape index (κ3) is 2.11. The number of β-amino-alcohol motifs (C(OH)–C–C–N with tert-alkyl or cyclic N) is 1. The SMILES string of the molecule is Cc1cc(N)cc(S(=O)(=O)N2CC(C)(O)C2)c1C. The van der Waals surface area contributed by atoms with E-state index in [9.17, 15) is 13.5 Å². The molecule has 100 valence electrons. The van der Waals surface area contributed by atoms with Crippen LogP contribution in [0, 0.1) is 13.8 Å². The number of aryl methyl sites for hydroxylation is 1. The molecule has 6 heteroatoms. The molecular weight excluding hydrogens is 252 g/mol. The molecule has 0 saturated carbocycles. The quantitative estimate of drug-likeness (QED) is 0.773. The van der Waals surface area contributed by atoms with Crippen LogP contribution in [0.4, 0.5) is 5.69 Å². The zero-order valence-corrected chi connectivity index (χ0v) is 11.6. The minimum Gasteiger partial charge on any atom is -0.399 e. The number of rotatable bonds is 2. The largest absolute Gasteiger partial charge is 0.399 e. The highest BCUT2D eigenvalue weighted by molar-refractivity contribution is 7.89. The highest BCUT2D eigenvalue weighted by Crippen LogP contribution is 2.31. The van der Waals surface area contributed by atoms with Crippen LogP contribution < -0.4 is 5.73 Å². The van der Waals surface area contributed by atoms with E-state index in [1.807, 2.05) is 6.92 Å². The lowest BCUT2D eigenvalue weighted by atomic mass is 10.0. The summed E-state index contributed by atoms with van der Waals surface area (Å²) in [7, 11) is -3.56. The monoisotopic (exact) mass is 270 g/mol. The number of anilines is 1. The van der Waals surface area contributed by atoms with Gasteiger partial charge in [-0.25, -0.2) is 8.42 Å². The summed E-state index contributed by atoms with van der Waals surface area (Å²) >= 11 is 0. The van der Waals surface area contributed by atoms with E-state index in [0.717, 1.165) is 5.56 Å². The van der Waals surface area contributed by atoms with Crippen molar-refractivity contribution in [1.82, 2.24) is 4.31 Å². The third-order valence-corrected chi connectivity index (χ3v) is 5.21. The lowest BCUT2D eigenvalue weighted by Crippen LogP contribution is -2.61. The number of nitrogens with two attached hydrogens (primary N) is 1. The second kappa shape index (κ2) is 3.94. The van der Waals surface area contributed by atoms with Gasteiger partial charge in [0.2, 0.25) is 10.0 Å². The van der Waals surface area contributed by atoms with Crippen LogP contribution in [-0.4, -0.2) is 36.5 Å². The molecule has 1 fully saturated rings. The molecule has 1 aliphatic heterocycles. The van der Waals surface area contributed by atoms with Gasteiger partial charge in [-0.05, 0) is 44.0 Å². The summed E-state index contributed by atoms with van der Waals surface area (Å²) in [6.45, 7) is 5.47. The molecule has 5 nitrogen and oxygen atoms in total. The molecule has 0 aliphatic carbocycles. The lowest BCUT2D eigenvalue weighted by Gasteiger charge is -2.43. The molecule has 1 aliphatic rings. The Kier molecular flexibility index (Phi) is 2.92. The van der Waals surface area contributed by atoms with E-state index in [0.29, 0.717) is 11.3 Å². The molecular formula is C12H18N2O3S. The fraction of sp³-hybridized carbons (Fsp3) is 0.500. The van der Waals surface area contributed by atoms with Crippen LogP contribution in [0.15, 0.2) is 17.0 Å². The van der Waals surface area contributed by atoms with E-state index in [2.05, 4.69) is 0 Å². The van der Waals surface area contributed by atoms with Crippen LogP contribution in [0.2, 0.25) is 0 Å². The Morgan fingerprint density at radius 1 is 1.33 bits per heavy atom. The molecule has 0 radical (unpaired) electrons. The lowest BCUT2D eigenvalue weighted by molar-refractivity contribution is -0.0426. The average Bonchev–Trinajstić information content (AvgIpc) is 2.19. The Balaban J connectivity index is 2.43. The standard InChI is InChI=1S/C12H18N2O3S/c1-8-4-10(13)5-11(9(8)2)18(16,17)14-6-12(3,15)7-14/h4-5,15H,6-7,13H2,1-3H3. The molecule has 0 spiro atoms. The molecule has 0 amide bonds. The number of hydrogen-bond donors (Lipinski definition) is 2. The molecule has 0 bridgehead atoms. The maximum Gasteiger partial charge on any atom is 0.243 e. The smallest absolute Gasteiger partial charge is 0.243 e. The van der Waals surface area contributed by atoms with E-state index in [4.69, 9.17) is 5.73 Å². The Bertz CT molecular complexity index is 586. The minimum atomic E-state index is -3.56. The summed E-state index contributed by atoms with van der Waals surface area (Å²) in [5.74, 6) is 0. The number of benzene rings is 1. The topological polar surface area (TPSA) is 83.6 Å². The highest BCUT2D eigenvalue weighted by atomic mass is 32.2. The van der Waals surface area contributed by atoms with Crippen LogP contribution in [0.5, 0.6) is 0 Å². The summed E-state index contributed by atoms with van der Waals surface area (Å²) in [5, 5.41) is 9.64. The van der Waals surface area contributed by atoms with E-state index >= 15 is 0 Å². The Hall–Kier alpha value is -1.11. The van der Waals surface area contributed by atoms with Crippen molar-refractivity contribution in [2.75, 3.05) is 18.8 Å². The first-order valence-corrected chi connectivity index (χ1v) is 7.17. The van der Waals surface area contributed by atoms with Crippen molar-refractivity contribution in [2.24, 2.45) is 0 Å². The van der Waals surface area contributed by atoms with Gasteiger partial charge in [-0.3, -0.25) is 0 Å². The molecule has 1 saturated heterocycles. The van der Waals surface area contributed by atoms with Crippen LogP contribution in [-0.2, 0) is 10.0 Å². The zero-order valence-electron chi connectivity index (χ0n) is 10.8. The van der Waals surface area contributed by atoms with Gasteiger partial charge in [0, 0.05) is 18.8 Å². The van der Waals surface area contributed by atoms with Gasteiger partial charge in [0.05, 0.1) is 10.5 Å². The molecule has 2 rings (SSSR count). The Morgan fingerprint density at radius 3 is 2.39 bits per heavy atom. The van der Waals surface area contributed by atoms with E-state index in [1.54, 1.807) is 19.9 Å². The van der Waals surface area contributed by atoms with Crippen LogP contribution in [0.3, 0.4) is 0 Å². The number of aliphatic hydroxyl groups is 1. The van der Waals surface area contributed by atoms with Crippen molar-refractivity contribution in [3.63, 3.8) is 0 Å². The predicted molar refractivity (Wildman–Crippen MR) is 69.7 cm³/mol. The Labute approximate surface area is 107 Å². The number of sulfonamides is 1. The van der Waals surface area contributed by atoms with Gasteiger partial charge in [0.1, 0.15) is 0 Å². The second-order valence-corrected chi connectivity index (χ2v) is 7.14. The maximum absolute atomic E-state index is 12.4. The highest BCUT2D eigenvalue weighted by Gasteiger charge is 2.44. The molecule has 3 N–H and O–H groups in total. The van der Waals surface area contributed by atoms with Gasteiger partial charge in [0.25, 0.3) is 0 Å². The summed E-state index contributed by atoms with van der Waals surface area (Å²) in [6, 6.07) is 3.23. The van der Waals surface area contributed by atoms with Crippen LogP contribution in [0.1, 0.15) is 18.1 Å². The van der Waals surface area contributed by atoms with Gasteiger partial charge in [0.15, 0.2) is 0 Å². The average molecular weight is 270 g/mol. The molecule has 0 atom stereocenters. The first-order valence-electron chi connectivity index (χ1n) is 5.73. The van der Waals surface area contributed by atoms with Crippen molar-refractivity contribution in [1.29, 1.82) is 0 Å². The van der Waals surface area contributed by atoms with Crippen molar-refractivity contribution in [3.8, 4) is 0 Å². The number of nitrogens with zero attached hydrogens (tertiary/aromatic N) is 1. The van der Waals surface area contributed by atoms with E-state index in [-0.39, 0.29) is 18.0 Å². The summed E-state index contributed by atoms with van der Waals surface area (Å²) in [4.78, 5) is 0.232. The fourth-order valence-electron chi connectivity index (χ4n) is 2.14. The van der Waals surface area contributed by atoms with Crippen molar-refractivity contribution >= 4 is 15.7 Å². The van der Waals surface area contributed by atoms with Gasteiger partial charge in [-0.1, -0.05) is 0 Å². The van der Waals surface area contributed by atoms with Crippen LogP contribution in [0.25, 0.3) is 0 Å².